The molecule has 1 aromatic carbocycles. The van der Waals surface area contributed by atoms with E-state index < -0.39 is 0 Å². The van der Waals surface area contributed by atoms with Crippen LogP contribution < -0.4 is 5.73 Å². The summed E-state index contributed by atoms with van der Waals surface area (Å²) in [5.41, 5.74) is 11.1. The Balaban J connectivity index is 3.10. The minimum absolute atomic E-state index is 0.161. The van der Waals surface area contributed by atoms with Gasteiger partial charge in [-0.05, 0) is 56.2 Å². The van der Waals surface area contributed by atoms with Crippen molar-refractivity contribution >= 4 is 0 Å². The molecule has 108 valence electrons. The fourth-order valence-electron chi connectivity index (χ4n) is 3.14. The lowest BCUT2D eigenvalue weighted by molar-refractivity contribution is 0.107. The molecule has 0 amide bonds. The van der Waals surface area contributed by atoms with E-state index in [4.69, 9.17) is 5.73 Å². The minimum Gasteiger partial charge on any atom is -0.396 e. The Morgan fingerprint density at radius 2 is 1.68 bits per heavy atom. The Morgan fingerprint density at radius 1 is 1.16 bits per heavy atom. The van der Waals surface area contributed by atoms with Crippen LogP contribution in [-0.2, 0) is 6.42 Å². The molecule has 1 aromatic rings. The predicted octanol–water partition coefficient (Wildman–Crippen LogP) is 3.14. The van der Waals surface area contributed by atoms with Gasteiger partial charge in [0.25, 0.3) is 0 Å². The van der Waals surface area contributed by atoms with Gasteiger partial charge >= 0.3 is 0 Å². The van der Waals surface area contributed by atoms with Crippen LogP contribution in [0.5, 0.6) is 0 Å². The molecule has 0 aliphatic rings. The molecule has 1 atom stereocenters. The van der Waals surface area contributed by atoms with E-state index in [2.05, 4.69) is 46.8 Å². The summed E-state index contributed by atoms with van der Waals surface area (Å²) in [6.07, 6.45) is 1.84. The van der Waals surface area contributed by atoms with Crippen molar-refractivity contribution in [3.63, 3.8) is 0 Å². The third-order valence-corrected chi connectivity index (χ3v) is 4.00. The molecule has 0 fully saturated rings. The quantitative estimate of drug-likeness (QED) is 0.828. The molecule has 0 aliphatic heterocycles. The van der Waals surface area contributed by atoms with Crippen molar-refractivity contribution in [1.29, 1.82) is 0 Å². The van der Waals surface area contributed by atoms with Crippen LogP contribution in [0.25, 0.3) is 0 Å². The first-order valence-electron chi connectivity index (χ1n) is 7.21. The van der Waals surface area contributed by atoms with Gasteiger partial charge in [0.2, 0.25) is 0 Å². The van der Waals surface area contributed by atoms with Crippen LogP contribution in [0.1, 0.15) is 42.5 Å². The van der Waals surface area contributed by atoms with Crippen molar-refractivity contribution in [3.05, 3.63) is 34.4 Å². The second-order valence-corrected chi connectivity index (χ2v) is 6.51. The Hall–Kier alpha value is -0.860. The van der Waals surface area contributed by atoms with E-state index in [-0.39, 0.29) is 12.0 Å². The lowest BCUT2D eigenvalue weighted by atomic mass is 9.74. The highest BCUT2D eigenvalue weighted by atomic mass is 16.3. The molecular formula is C17H29NO. The zero-order valence-electron chi connectivity index (χ0n) is 13.1. The van der Waals surface area contributed by atoms with Gasteiger partial charge in [-0.2, -0.15) is 0 Å². The van der Waals surface area contributed by atoms with Crippen molar-refractivity contribution in [2.75, 3.05) is 13.2 Å². The van der Waals surface area contributed by atoms with Crippen molar-refractivity contribution in [3.8, 4) is 0 Å². The summed E-state index contributed by atoms with van der Waals surface area (Å²) < 4.78 is 0. The fraction of sp³-hybridized carbons (Fsp3) is 0.647. The lowest BCUT2D eigenvalue weighted by Crippen LogP contribution is -2.38. The molecule has 0 radical (unpaired) electrons. The molecule has 0 saturated heterocycles. The first kappa shape index (κ1) is 16.2. The maximum absolute atomic E-state index is 9.84. The molecule has 0 heterocycles. The maximum atomic E-state index is 9.84. The number of rotatable bonds is 6. The molecule has 0 aromatic heterocycles. The Labute approximate surface area is 118 Å². The molecule has 1 rings (SSSR count). The Kier molecular flexibility index (Phi) is 5.57. The molecule has 1 unspecified atom stereocenters. The molecule has 0 saturated carbocycles. The van der Waals surface area contributed by atoms with Crippen LogP contribution in [0, 0.1) is 32.1 Å². The van der Waals surface area contributed by atoms with Crippen LogP contribution in [-0.4, -0.2) is 18.3 Å². The van der Waals surface area contributed by atoms with Crippen LogP contribution in [0.2, 0.25) is 0 Å². The van der Waals surface area contributed by atoms with Crippen LogP contribution in [0.4, 0.5) is 0 Å². The van der Waals surface area contributed by atoms with Gasteiger partial charge in [0.15, 0.2) is 0 Å². The van der Waals surface area contributed by atoms with Crippen molar-refractivity contribution in [2.45, 2.75) is 47.5 Å². The third kappa shape index (κ3) is 4.05. The van der Waals surface area contributed by atoms with Crippen molar-refractivity contribution in [1.82, 2.24) is 0 Å². The number of aliphatic hydroxyl groups is 1. The summed E-state index contributed by atoms with van der Waals surface area (Å²) in [5, 5.41) is 9.84. The molecule has 19 heavy (non-hydrogen) atoms. The summed E-state index contributed by atoms with van der Waals surface area (Å²) in [4.78, 5) is 0. The fourth-order valence-corrected chi connectivity index (χ4v) is 3.14. The van der Waals surface area contributed by atoms with Gasteiger partial charge in [-0.1, -0.05) is 31.5 Å². The summed E-state index contributed by atoms with van der Waals surface area (Å²) in [6.45, 7) is 11.5. The number of nitrogens with two attached hydrogens (primary N) is 1. The normalized spacial score (nSPS) is 14.7. The third-order valence-electron chi connectivity index (χ3n) is 4.00. The molecule has 3 N–H and O–H groups in total. The SMILES string of the molecule is Cc1cc(C)c(CC(CN)(CO)CC(C)C)c(C)c1. The number of aryl methyl sites for hydroxylation is 3. The topological polar surface area (TPSA) is 46.2 Å². The molecule has 2 heteroatoms. The lowest BCUT2D eigenvalue weighted by Gasteiger charge is -2.33. The maximum Gasteiger partial charge on any atom is 0.0502 e. The van der Waals surface area contributed by atoms with Gasteiger partial charge in [0.05, 0.1) is 6.61 Å². The van der Waals surface area contributed by atoms with Gasteiger partial charge in [-0.15, -0.1) is 0 Å². The predicted molar refractivity (Wildman–Crippen MR) is 82.4 cm³/mol. The van der Waals surface area contributed by atoms with Gasteiger partial charge < -0.3 is 10.8 Å². The summed E-state index contributed by atoms with van der Waals surface area (Å²) in [7, 11) is 0. The number of aliphatic hydroxyl groups excluding tert-OH is 1. The smallest absolute Gasteiger partial charge is 0.0502 e. The zero-order valence-corrected chi connectivity index (χ0v) is 13.1. The first-order chi connectivity index (χ1) is 8.83. The van der Waals surface area contributed by atoms with Gasteiger partial charge in [-0.25, -0.2) is 0 Å². The highest BCUT2D eigenvalue weighted by Gasteiger charge is 2.30. The molecule has 2 nitrogen and oxygen atoms in total. The van der Waals surface area contributed by atoms with Crippen LogP contribution in [0.15, 0.2) is 12.1 Å². The summed E-state index contributed by atoms with van der Waals surface area (Å²) in [6, 6.07) is 4.44. The molecule has 0 aliphatic carbocycles. The average molecular weight is 263 g/mol. The monoisotopic (exact) mass is 263 g/mol. The van der Waals surface area contributed by atoms with Gasteiger partial charge in [0.1, 0.15) is 0 Å². The standard InChI is InChI=1S/C17H29NO/c1-12(2)8-17(10-18,11-19)9-16-14(4)6-13(3)7-15(16)5/h6-7,12,19H,8-11,18H2,1-5H3. The molecule has 0 spiro atoms. The molecule has 0 bridgehead atoms. The van der Waals surface area contributed by atoms with E-state index in [0.29, 0.717) is 12.5 Å². The highest BCUT2D eigenvalue weighted by molar-refractivity contribution is 5.38. The van der Waals surface area contributed by atoms with Crippen LogP contribution >= 0.6 is 0 Å². The second-order valence-electron chi connectivity index (χ2n) is 6.51. The van der Waals surface area contributed by atoms with E-state index in [0.717, 1.165) is 12.8 Å². The summed E-state index contributed by atoms with van der Waals surface area (Å²) in [5.74, 6) is 0.543. The van der Waals surface area contributed by atoms with E-state index >= 15 is 0 Å². The minimum atomic E-state index is -0.182. The van der Waals surface area contributed by atoms with Crippen molar-refractivity contribution in [2.24, 2.45) is 17.1 Å². The number of hydrogen-bond donors (Lipinski definition) is 2. The highest BCUT2D eigenvalue weighted by Crippen LogP contribution is 2.32. The van der Waals surface area contributed by atoms with E-state index in [1.54, 1.807) is 0 Å². The number of benzene rings is 1. The number of hydrogen-bond acceptors (Lipinski definition) is 2. The van der Waals surface area contributed by atoms with Gasteiger partial charge in [0, 0.05) is 12.0 Å². The first-order valence-corrected chi connectivity index (χ1v) is 7.21. The van der Waals surface area contributed by atoms with Crippen LogP contribution in [0.3, 0.4) is 0 Å². The average Bonchev–Trinajstić information content (AvgIpc) is 2.31. The second kappa shape index (κ2) is 6.53. The summed E-state index contributed by atoms with van der Waals surface area (Å²) >= 11 is 0. The largest absolute Gasteiger partial charge is 0.396 e. The zero-order chi connectivity index (χ0) is 14.6. The van der Waals surface area contributed by atoms with Crippen molar-refractivity contribution < 1.29 is 5.11 Å². The Morgan fingerprint density at radius 3 is 2.05 bits per heavy atom. The molecular weight excluding hydrogens is 234 g/mol. The Bertz CT molecular complexity index is 396. The van der Waals surface area contributed by atoms with E-state index in [1.807, 2.05) is 0 Å². The van der Waals surface area contributed by atoms with E-state index in [9.17, 15) is 5.11 Å². The van der Waals surface area contributed by atoms with E-state index in [1.165, 1.54) is 22.3 Å². The van der Waals surface area contributed by atoms with Gasteiger partial charge in [-0.3, -0.25) is 0 Å².